The van der Waals surface area contributed by atoms with Crippen molar-refractivity contribution in [2.75, 3.05) is 0 Å². The lowest BCUT2D eigenvalue weighted by Crippen LogP contribution is -2.32. The molecule has 1 amide bonds. The molecule has 0 spiro atoms. The third-order valence-electron chi connectivity index (χ3n) is 1.41. The molecule has 8 heavy (non-hydrogen) atoms. The van der Waals surface area contributed by atoms with Crippen LogP contribution >= 0.6 is 0 Å². The molecule has 0 aromatic carbocycles. The fourth-order valence-electron chi connectivity index (χ4n) is 0.571. The molecule has 0 unspecified atom stereocenters. The molecule has 1 fully saturated rings. The molecule has 1 saturated carbocycles. The van der Waals surface area contributed by atoms with E-state index in [0.29, 0.717) is 0 Å². The Labute approximate surface area is 47.7 Å². The zero-order valence-electron chi connectivity index (χ0n) is 4.77. The van der Waals surface area contributed by atoms with E-state index < -0.39 is 6.09 Å². The highest BCUT2D eigenvalue weighted by atomic mass is 16.4. The van der Waals surface area contributed by atoms with Crippen LogP contribution < -0.4 is 5.32 Å². The van der Waals surface area contributed by atoms with Crippen LogP contribution in [0.2, 0.25) is 0 Å². The van der Waals surface area contributed by atoms with Gasteiger partial charge >= 0.3 is 6.09 Å². The molecule has 0 aromatic rings. The highest BCUT2D eigenvalue weighted by Crippen LogP contribution is 2.33. The van der Waals surface area contributed by atoms with Crippen LogP contribution in [0.3, 0.4) is 0 Å². The predicted octanol–water partition coefficient (Wildman–Crippen LogP) is 0.807. The molecule has 0 aliphatic heterocycles. The summed E-state index contributed by atoms with van der Waals surface area (Å²) in [5, 5.41) is 10.6. The predicted molar refractivity (Wildman–Crippen MR) is 28.8 cm³/mol. The van der Waals surface area contributed by atoms with Gasteiger partial charge in [-0.15, -0.1) is 0 Å². The minimum atomic E-state index is -0.912. The fourth-order valence-corrected chi connectivity index (χ4v) is 0.571. The van der Waals surface area contributed by atoms with E-state index in [2.05, 4.69) is 5.32 Å². The first-order valence-corrected chi connectivity index (χ1v) is 2.63. The van der Waals surface area contributed by atoms with Crippen LogP contribution in [0.5, 0.6) is 0 Å². The van der Waals surface area contributed by atoms with E-state index in [-0.39, 0.29) is 5.54 Å². The Morgan fingerprint density at radius 3 is 2.38 bits per heavy atom. The van der Waals surface area contributed by atoms with Gasteiger partial charge in [0.25, 0.3) is 0 Å². The number of hydrogen-bond donors (Lipinski definition) is 2. The van der Waals surface area contributed by atoms with Crippen LogP contribution in [0.1, 0.15) is 19.8 Å². The highest BCUT2D eigenvalue weighted by molar-refractivity contribution is 5.66. The summed E-state index contributed by atoms with van der Waals surface area (Å²) in [5.41, 5.74) is -0.0775. The van der Waals surface area contributed by atoms with E-state index in [4.69, 9.17) is 5.11 Å². The summed E-state index contributed by atoms with van der Waals surface area (Å²) >= 11 is 0. The van der Waals surface area contributed by atoms with Gasteiger partial charge in [0.15, 0.2) is 0 Å². The molecule has 3 nitrogen and oxygen atoms in total. The van der Waals surface area contributed by atoms with E-state index >= 15 is 0 Å². The van der Waals surface area contributed by atoms with Crippen molar-refractivity contribution < 1.29 is 9.90 Å². The molecule has 0 atom stereocenters. The number of carboxylic acid groups (broad SMARTS) is 1. The SMILES string of the molecule is CC1(NC(=O)O)CC1. The molecule has 3 heteroatoms. The molecule has 1 aliphatic rings. The zero-order chi connectivity index (χ0) is 6.20. The van der Waals surface area contributed by atoms with Gasteiger partial charge in [-0.1, -0.05) is 0 Å². The lowest BCUT2D eigenvalue weighted by atomic mass is 10.3. The fraction of sp³-hybridized carbons (Fsp3) is 0.800. The van der Waals surface area contributed by atoms with E-state index in [9.17, 15) is 4.79 Å². The van der Waals surface area contributed by atoms with Crippen LogP contribution in [0, 0.1) is 0 Å². The van der Waals surface area contributed by atoms with Gasteiger partial charge in [-0.05, 0) is 19.8 Å². The summed E-state index contributed by atoms with van der Waals surface area (Å²) in [6.07, 6.45) is 1.06. The summed E-state index contributed by atoms with van der Waals surface area (Å²) in [5.74, 6) is 0. The van der Waals surface area contributed by atoms with E-state index in [0.717, 1.165) is 12.8 Å². The van der Waals surface area contributed by atoms with Crippen LogP contribution in [-0.2, 0) is 0 Å². The van der Waals surface area contributed by atoms with Crippen molar-refractivity contribution in [1.82, 2.24) is 5.32 Å². The first-order chi connectivity index (χ1) is 3.62. The Bertz CT molecular complexity index is 118. The third kappa shape index (κ3) is 1.12. The summed E-state index contributed by atoms with van der Waals surface area (Å²) in [4.78, 5) is 9.94. The van der Waals surface area contributed by atoms with Gasteiger partial charge in [-0.2, -0.15) is 0 Å². The Morgan fingerprint density at radius 1 is 1.75 bits per heavy atom. The van der Waals surface area contributed by atoms with E-state index in [1.807, 2.05) is 6.92 Å². The summed E-state index contributed by atoms with van der Waals surface area (Å²) in [6.45, 7) is 1.90. The number of hydrogen-bond acceptors (Lipinski definition) is 1. The van der Waals surface area contributed by atoms with Crippen molar-refractivity contribution in [2.24, 2.45) is 0 Å². The monoisotopic (exact) mass is 115 g/mol. The number of carbonyl (C=O) groups is 1. The smallest absolute Gasteiger partial charge is 0.405 e. The molecule has 1 aliphatic carbocycles. The quantitative estimate of drug-likeness (QED) is 0.531. The second kappa shape index (κ2) is 1.37. The average Bonchev–Trinajstić information content (AvgIpc) is 2.17. The van der Waals surface area contributed by atoms with Gasteiger partial charge in [0, 0.05) is 5.54 Å². The summed E-state index contributed by atoms with van der Waals surface area (Å²) in [7, 11) is 0. The van der Waals surface area contributed by atoms with Crippen LogP contribution in [0.15, 0.2) is 0 Å². The minimum Gasteiger partial charge on any atom is -0.465 e. The van der Waals surface area contributed by atoms with Crippen molar-refractivity contribution >= 4 is 6.09 Å². The Kier molecular flexibility index (Phi) is 0.927. The maximum atomic E-state index is 9.94. The third-order valence-corrected chi connectivity index (χ3v) is 1.41. The first-order valence-electron chi connectivity index (χ1n) is 2.63. The summed E-state index contributed by atoms with van der Waals surface area (Å²) in [6, 6.07) is 0. The Morgan fingerprint density at radius 2 is 2.25 bits per heavy atom. The molecule has 46 valence electrons. The van der Waals surface area contributed by atoms with Crippen molar-refractivity contribution in [1.29, 1.82) is 0 Å². The topological polar surface area (TPSA) is 49.3 Å². The standard InChI is InChI=1S/C5H9NO2/c1-5(2-3-5)6-4(7)8/h6H,2-3H2,1H3,(H,7,8). The zero-order valence-corrected chi connectivity index (χ0v) is 4.77. The molecule has 0 heterocycles. The molecular weight excluding hydrogens is 106 g/mol. The number of rotatable bonds is 1. The van der Waals surface area contributed by atoms with Crippen molar-refractivity contribution in [2.45, 2.75) is 25.3 Å². The molecule has 0 radical (unpaired) electrons. The molecule has 0 bridgehead atoms. The van der Waals surface area contributed by atoms with Gasteiger partial charge < -0.3 is 10.4 Å². The lowest BCUT2D eigenvalue weighted by Gasteiger charge is -2.04. The molecular formula is C5H9NO2. The molecule has 0 saturated heterocycles. The second-order valence-corrected chi connectivity index (χ2v) is 2.49. The number of nitrogens with one attached hydrogen (secondary N) is 1. The molecule has 2 N–H and O–H groups in total. The average molecular weight is 115 g/mol. The van der Waals surface area contributed by atoms with Gasteiger partial charge in [-0.25, -0.2) is 4.79 Å². The first kappa shape index (κ1) is 5.41. The van der Waals surface area contributed by atoms with Crippen LogP contribution in [-0.4, -0.2) is 16.7 Å². The van der Waals surface area contributed by atoms with E-state index in [1.165, 1.54) is 0 Å². The molecule has 0 aromatic heterocycles. The van der Waals surface area contributed by atoms with Crippen LogP contribution in [0.25, 0.3) is 0 Å². The van der Waals surface area contributed by atoms with Crippen molar-refractivity contribution in [3.05, 3.63) is 0 Å². The largest absolute Gasteiger partial charge is 0.465 e. The van der Waals surface area contributed by atoms with Crippen LogP contribution in [0.4, 0.5) is 4.79 Å². The highest BCUT2D eigenvalue weighted by Gasteiger charge is 2.38. The second-order valence-electron chi connectivity index (χ2n) is 2.49. The molecule has 1 rings (SSSR count). The van der Waals surface area contributed by atoms with Crippen molar-refractivity contribution in [3.63, 3.8) is 0 Å². The van der Waals surface area contributed by atoms with Gasteiger partial charge in [-0.3, -0.25) is 0 Å². The maximum absolute atomic E-state index is 9.94. The van der Waals surface area contributed by atoms with Crippen molar-refractivity contribution in [3.8, 4) is 0 Å². The Hall–Kier alpha value is -0.730. The minimum absolute atomic E-state index is 0.0775. The van der Waals surface area contributed by atoms with E-state index in [1.54, 1.807) is 0 Å². The van der Waals surface area contributed by atoms with Gasteiger partial charge in [0.05, 0.1) is 0 Å². The Balaban J connectivity index is 2.29. The van der Waals surface area contributed by atoms with Gasteiger partial charge in [0.2, 0.25) is 0 Å². The summed E-state index contributed by atoms with van der Waals surface area (Å²) < 4.78 is 0. The lowest BCUT2D eigenvalue weighted by molar-refractivity contribution is 0.189. The number of amides is 1. The maximum Gasteiger partial charge on any atom is 0.405 e. The normalized spacial score (nSPS) is 22.1. The van der Waals surface area contributed by atoms with Gasteiger partial charge in [0.1, 0.15) is 0 Å².